The maximum Gasteiger partial charge on any atom is 0.414 e. The Bertz CT molecular complexity index is 1420. The van der Waals surface area contributed by atoms with Crippen molar-refractivity contribution in [3.8, 4) is 11.1 Å². The number of nitrogens with zero attached hydrogens (tertiary/aromatic N) is 1. The Hall–Kier alpha value is -4.17. The van der Waals surface area contributed by atoms with Crippen LogP contribution < -0.4 is 15.5 Å². The normalized spacial score (nSPS) is 16.8. The van der Waals surface area contributed by atoms with Crippen LogP contribution in [0.15, 0.2) is 71.2 Å². The molecule has 0 unspecified atom stereocenters. The number of amides is 2. The number of aryl methyl sites for hydroxylation is 1. The van der Waals surface area contributed by atoms with E-state index < -0.39 is 18.0 Å². The number of cyclic esters (lactones) is 1. The number of hydrogen-bond donors (Lipinski definition) is 2. The third-order valence-corrected chi connectivity index (χ3v) is 6.98. The van der Waals surface area contributed by atoms with E-state index in [0.29, 0.717) is 24.3 Å². The van der Waals surface area contributed by atoms with Gasteiger partial charge in [0, 0.05) is 31.1 Å². The topological polar surface area (TPSA) is 83.8 Å². The molecule has 1 saturated heterocycles. The number of anilines is 1. The standard InChI is InChI=1S/C31H32FN3O4/c1-20-25(14-30(38-20)24-6-4-3-5-7-24)17-33-16-22-8-10-23(11-9-22)28-13-12-26(15-29(28)32)35-19-27(39-31(35)37)18-34-21(2)36/h3-4,6,8-15,27,33H,5,7,16-19H2,1-2H3,(H,34,36)/t27-/m0/s1. The Balaban J connectivity index is 1.17. The molecule has 1 aliphatic heterocycles. The summed E-state index contributed by atoms with van der Waals surface area (Å²) in [5.41, 5.74) is 5.08. The second kappa shape index (κ2) is 11.7. The molecule has 0 spiro atoms. The summed E-state index contributed by atoms with van der Waals surface area (Å²) >= 11 is 0. The molecule has 1 aromatic heterocycles. The fourth-order valence-electron chi connectivity index (χ4n) is 4.81. The number of benzene rings is 2. The second-order valence-corrected chi connectivity index (χ2v) is 9.87. The number of rotatable bonds is 9. The van der Waals surface area contributed by atoms with Crippen LogP contribution in [0.2, 0.25) is 0 Å². The van der Waals surface area contributed by atoms with Gasteiger partial charge in [0.25, 0.3) is 0 Å². The lowest BCUT2D eigenvalue weighted by Crippen LogP contribution is -2.33. The SMILES string of the molecule is CC(=O)NC[C@H]1CN(c2ccc(-c3ccc(CNCc4cc(C5=CC=CCC5)oc4C)cc3)c(F)c2)C(=O)O1. The first-order valence-electron chi connectivity index (χ1n) is 13.1. The van der Waals surface area contributed by atoms with E-state index in [1.54, 1.807) is 12.1 Å². The van der Waals surface area contributed by atoms with Crippen molar-refractivity contribution in [2.45, 2.75) is 45.9 Å². The highest BCUT2D eigenvalue weighted by Gasteiger charge is 2.32. The Morgan fingerprint density at radius 1 is 1.13 bits per heavy atom. The molecule has 0 radical (unpaired) electrons. The lowest BCUT2D eigenvalue weighted by molar-refractivity contribution is -0.119. The van der Waals surface area contributed by atoms with Crippen molar-refractivity contribution in [3.63, 3.8) is 0 Å². The number of allylic oxidation sites excluding steroid dienone is 4. The molecule has 202 valence electrons. The number of furan rings is 1. The quantitative estimate of drug-likeness (QED) is 0.362. The molecule has 2 aromatic carbocycles. The van der Waals surface area contributed by atoms with Crippen LogP contribution in [0.4, 0.5) is 14.9 Å². The van der Waals surface area contributed by atoms with Crippen LogP contribution in [0.3, 0.4) is 0 Å². The van der Waals surface area contributed by atoms with Crippen molar-refractivity contribution >= 4 is 23.3 Å². The van der Waals surface area contributed by atoms with E-state index in [2.05, 4.69) is 34.9 Å². The van der Waals surface area contributed by atoms with E-state index in [1.165, 1.54) is 23.5 Å². The summed E-state index contributed by atoms with van der Waals surface area (Å²) in [5, 5.41) is 6.10. The van der Waals surface area contributed by atoms with Gasteiger partial charge in [0.15, 0.2) is 0 Å². The maximum absolute atomic E-state index is 15.1. The van der Waals surface area contributed by atoms with Gasteiger partial charge in [0.1, 0.15) is 23.4 Å². The van der Waals surface area contributed by atoms with Crippen LogP contribution in [-0.2, 0) is 22.6 Å². The van der Waals surface area contributed by atoms with Crippen LogP contribution >= 0.6 is 0 Å². The van der Waals surface area contributed by atoms with Gasteiger partial charge in [-0.1, -0.05) is 42.5 Å². The van der Waals surface area contributed by atoms with Crippen LogP contribution in [0, 0.1) is 12.7 Å². The van der Waals surface area contributed by atoms with Crippen LogP contribution in [0.5, 0.6) is 0 Å². The predicted molar refractivity (Wildman–Crippen MR) is 148 cm³/mol. The number of carbonyl (C=O) groups excluding carboxylic acids is 2. The van der Waals surface area contributed by atoms with E-state index >= 15 is 4.39 Å². The van der Waals surface area contributed by atoms with Crippen LogP contribution in [0.25, 0.3) is 16.7 Å². The van der Waals surface area contributed by atoms with Gasteiger partial charge < -0.3 is 19.8 Å². The molecule has 1 fully saturated rings. The molecule has 7 nitrogen and oxygen atoms in total. The van der Waals surface area contributed by atoms with Crippen LogP contribution in [-0.4, -0.2) is 31.2 Å². The first-order valence-corrected chi connectivity index (χ1v) is 13.1. The summed E-state index contributed by atoms with van der Waals surface area (Å²) in [5.74, 6) is 1.24. The van der Waals surface area contributed by atoms with Crippen molar-refractivity contribution in [1.82, 2.24) is 10.6 Å². The highest BCUT2D eigenvalue weighted by Crippen LogP contribution is 2.30. The minimum absolute atomic E-state index is 0.200. The third kappa shape index (κ3) is 6.29. The van der Waals surface area contributed by atoms with Gasteiger partial charge in [0.2, 0.25) is 5.91 Å². The fraction of sp³-hybridized carbons (Fsp3) is 0.290. The number of hydrogen-bond acceptors (Lipinski definition) is 5. The van der Waals surface area contributed by atoms with Gasteiger partial charge in [-0.2, -0.15) is 0 Å². The predicted octanol–water partition coefficient (Wildman–Crippen LogP) is 5.88. The highest BCUT2D eigenvalue weighted by molar-refractivity contribution is 5.90. The molecule has 39 heavy (non-hydrogen) atoms. The molecule has 8 heteroatoms. The number of carbonyl (C=O) groups is 2. The zero-order valence-electron chi connectivity index (χ0n) is 22.1. The minimum Gasteiger partial charge on any atom is -0.461 e. The lowest BCUT2D eigenvalue weighted by atomic mass is 10.0. The fourth-order valence-corrected chi connectivity index (χ4v) is 4.81. The third-order valence-electron chi connectivity index (χ3n) is 6.98. The molecule has 1 aliphatic carbocycles. The summed E-state index contributed by atoms with van der Waals surface area (Å²) in [4.78, 5) is 24.8. The van der Waals surface area contributed by atoms with E-state index in [0.717, 1.165) is 41.1 Å². The smallest absolute Gasteiger partial charge is 0.414 e. The molecule has 0 bridgehead atoms. The average molecular weight is 530 g/mol. The van der Waals surface area contributed by atoms with E-state index in [9.17, 15) is 9.59 Å². The van der Waals surface area contributed by atoms with E-state index in [-0.39, 0.29) is 19.0 Å². The Kier molecular flexibility index (Phi) is 7.93. The molecule has 3 aromatic rings. The monoisotopic (exact) mass is 529 g/mol. The molecule has 2 heterocycles. The molecular formula is C31H32FN3O4. The average Bonchev–Trinajstić information content (AvgIpc) is 3.50. The molecule has 0 saturated carbocycles. The second-order valence-electron chi connectivity index (χ2n) is 9.87. The molecule has 2 N–H and O–H groups in total. The Morgan fingerprint density at radius 3 is 2.67 bits per heavy atom. The molecule has 2 amide bonds. The molecule has 2 aliphatic rings. The maximum atomic E-state index is 15.1. The van der Waals surface area contributed by atoms with Gasteiger partial charge >= 0.3 is 6.09 Å². The lowest BCUT2D eigenvalue weighted by Gasteiger charge is -2.15. The number of ether oxygens (including phenoxy) is 1. The zero-order chi connectivity index (χ0) is 27.4. The summed E-state index contributed by atoms with van der Waals surface area (Å²) in [6, 6.07) is 14.6. The van der Waals surface area contributed by atoms with Gasteiger partial charge in [-0.15, -0.1) is 0 Å². The van der Waals surface area contributed by atoms with E-state index in [1.807, 2.05) is 31.2 Å². The minimum atomic E-state index is -0.556. The van der Waals surface area contributed by atoms with Gasteiger partial charge in [-0.05, 0) is 60.7 Å². The van der Waals surface area contributed by atoms with Crippen molar-refractivity contribution in [2.75, 3.05) is 18.0 Å². The Labute approximate surface area is 227 Å². The largest absolute Gasteiger partial charge is 0.461 e. The Morgan fingerprint density at radius 2 is 1.95 bits per heavy atom. The van der Waals surface area contributed by atoms with Crippen molar-refractivity contribution in [1.29, 1.82) is 0 Å². The summed E-state index contributed by atoms with van der Waals surface area (Å²) in [6.45, 7) is 5.22. The molecule has 5 rings (SSSR count). The first-order chi connectivity index (χ1) is 18.9. The summed E-state index contributed by atoms with van der Waals surface area (Å²) in [7, 11) is 0. The van der Waals surface area contributed by atoms with Crippen LogP contribution in [0.1, 0.15) is 42.4 Å². The molecule has 1 atom stereocenters. The van der Waals surface area contributed by atoms with Crippen molar-refractivity contribution in [2.24, 2.45) is 0 Å². The molecular weight excluding hydrogens is 497 g/mol. The van der Waals surface area contributed by atoms with Gasteiger partial charge in [-0.25, -0.2) is 9.18 Å². The highest BCUT2D eigenvalue weighted by atomic mass is 19.1. The number of nitrogens with one attached hydrogen (secondary N) is 2. The summed E-state index contributed by atoms with van der Waals surface area (Å²) < 4.78 is 26.3. The van der Waals surface area contributed by atoms with Gasteiger partial charge in [-0.3, -0.25) is 9.69 Å². The van der Waals surface area contributed by atoms with Crippen molar-refractivity contribution in [3.05, 3.63) is 95.2 Å². The van der Waals surface area contributed by atoms with E-state index in [4.69, 9.17) is 9.15 Å². The first kappa shape index (κ1) is 26.4. The number of halogens is 1. The van der Waals surface area contributed by atoms with Crippen molar-refractivity contribution < 1.29 is 23.1 Å². The van der Waals surface area contributed by atoms with Gasteiger partial charge in [0.05, 0.1) is 18.8 Å². The zero-order valence-corrected chi connectivity index (χ0v) is 22.1. The summed E-state index contributed by atoms with van der Waals surface area (Å²) in [6.07, 6.45) is 7.36.